The van der Waals surface area contributed by atoms with Gasteiger partial charge >= 0.3 is 0 Å². The molecule has 24 heavy (non-hydrogen) atoms. The van der Waals surface area contributed by atoms with Crippen molar-refractivity contribution in [2.45, 2.75) is 31.8 Å². The molecule has 1 unspecified atom stereocenters. The molecule has 0 N–H and O–H groups in total. The lowest BCUT2D eigenvalue weighted by Gasteiger charge is -2.38. The second kappa shape index (κ2) is 6.48. The molecule has 4 rings (SSSR count). The lowest BCUT2D eigenvalue weighted by Crippen LogP contribution is -2.41. The summed E-state index contributed by atoms with van der Waals surface area (Å²) in [6.45, 7) is 2.76. The van der Waals surface area contributed by atoms with Gasteiger partial charge in [-0.1, -0.05) is 12.1 Å². The van der Waals surface area contributed by atoms with Gasteiger partial charge in [-0.2, -0.15) is 0 Å². The van der Waals surface area contributed by atoms with Gasteiger partial charge in [-0.3, -0.25) is 0 Å². The van der Waals surface area contributed by atoms with E-state index in [0.29, 0.717) is 0 Å². The van der Waals surface area contributed by atoms with Gasteiger partial charge in [0.25, 0.3) is 0 Å². The van der Waals surface area contributed by atoms with Crippen molar-refractivity contribution in [3.63, 3.8) is 0 Å². The van der Waals surface area contributed by atoms with E-state index in [1.165, 1.54) is 6.07 Å². The van der Waals surface area contributed by atoms with Crippen LogP contribution in [0.15, 0.2) is 42.7 Å². The van der Waals surface area contributed by atoms with E-state index in [2.05, 4.69) is 14.9 Å². The molecule has 126 valence electrons. The molecule has 0 amide bonds. The van der Waals surface area contributed by atoms with Crippen molar-refractivity contribution < 1.29 is 9.13 Å². The van der Waals surface area contributed by atoms with Crippen molar-refractivity contribution in [2.24, 2.45) is 5.41 Å². The minimum Gasteiger partial charge on any atom is -0.377 e. The van der Waals surface area contributed by atoms with Crippen LogP contribution in [0.25, 0.3) is 0 Å². The fourth-order valence-electron chi connectivity index (χ4n) is 3.94. The normalized spacial score (nSPS) is 22.9. The number of hydrogen-bond donors (Lipinski definition) is 0. The zero-order valence-corrected chi connectivity index (χ0v) is 13.7. The number of nitrogens with zero attached hydrogens (tertiary/aromatic N) is 3. The number of piperidine rings is 1. The van der Waals surface area contributed by atoms with Crippen LogP contribution in [0.2, 0.25) is 0 Å². The summed E-state index contributed by atoms with van der Waals surface area (Å²) in [6, 6.07) is 8.70. The van der Waals surface area contributed by atoms with Crippen molar-refractivity contribution in [1.29, 1.82) is 0 Å². The van der Waals surface area contributed by atoms with E-state index in [9.17, 15) is 4.39 Å². The Labute approximate surface area is 141 Å². The highest BCUT2D eigenvalue weighted by molar-refractivity contribution is 5.29. The fourth-order valence-corrected chi connectivity index (χ4v) is 3.94. The van der Waals surface area contributed by atoms with E-state index < -0.39 is 0 Å². The van der Waals surface area contributed by atoms with Crippen LogP contribution >= 0.6 is 0 Å². The van der Waals surface area contributed by atoms with Gasteiger partial charge in [0.05, 0.1) is 12.7 Å². The summed E-state index contributed by atoms with van der Waals surface area (Å²) < 4.78 is 19.4. The molecular weight excluding hydrogens is 305 g/mol. The third-order valence-electron chi connectivity index (χ3n) is 5.30. The first-order chi connectivity index (χ1) is 11.7. The molecule has 0 radical (unpaired) electrons. The first-order valence-corrected chi connectivity index (χ1v) is 8.61. The molecule has 0 aliphatic carbocycles. The Morgan fingerprint density at radius 1 is 1.17 bits per heavy atom. The van der Waals surface area contributed by atoms with E-state index in [1.807, 2.05) is 12.1 Å². The van der Waals surface area contributed by atoms with E-state index >= 15 is 0 Å². The standard InChI is InChI=1S/C19H22FN3O/c20-16-4-1-3-15(11-16)12-17-13-19(14-24-17)5-9-23(10-6-19)18-21-7-2-8-22-18/h1-4,7-8,11,17H,5-6,9-10,12-14H2. The zero-order valence-electron chi connectivity index (χ0n) is 13.7. The van der Waals surface area contributed by atoms with Crippen LogP contribution in [-0.4, -0.2) is 35.8 Å². The summed E-state index contributed by atoms with van der Waals surface area (Å²) >= 11 is 0. The predicted molar refractivity (Wildman–Crippen MR) is 90.4 cm³/mol. The molecule has 1 aromatic carbocycles. The Kier molecular flexibility index (Phi) is 4.19. The highest BCUT2D eigenvalue weighted by atomic mass is 19.1. The second-order valence-electron chi connectivity index (χ2n) is 7.01. The number of hydrogen-bond acceptors (Lipinski definition) is 4. The first-order valence-electron chi connectivity index (χ1n) is 8.61. The summed E-state index contributed by atoms with van der Waals surface area (Å²) in [6.07, 6.45) is 7.85. The number of aromatic nitrogens is 2. The molecule has 2 aliphatic rings. The van der Waals surface area contributed by atoms with Crippen molar-refractivity contribution in [1.82, 2.24) is 9.97 Å². The van der Waals surface area contributed by atoms with Crippen molar-refractivity contribution in [2.75, 3.05) is 24.6 Å². The molecule has 1 aromatic heterocycles. The van der Waals surface area contributed by atoms with Crippen molar-refractivity contribution in [3.05, 3.63) is 54.1 Å². The maximum atomic E-state index is 13.3. The maximum Gasteiger partial charge on any atom is 0.225 e. The third-order valence-corrected chi connectivity index (χ3v) is 5.30. The Morgan fingerprint density at radius 3 is 2.71 bits per heavy atom. The number of ether oxygens (including phenoxy) is 1. The molecule has 1 atom stereocenters. The van der Waals surface area contributed by atoms with Crippen LogP contribution < -0.4 is 4.90 Å². The fraction of sp³-hybridized carbons (Fsp3) is 0.474. The van der Waals surface area contributed by atoms with E-state index in [4.69, 9.17) is 4.74 Å². The van der Waals surface area contributed by atoms with Gasteiger partial charge in [0.15, 0.2) is 0 Å². The Bertz CT molecular complexity index is 686. The predicted octanol–water partition coefficient (Wildman–Crippen LogP) is 3.23. The quantitative estimate of drug-likeness (QED) is 0.867. The summed E-state index contributed by atoms with van der Waals surface area (Å²) in [7, 11) is 0. The second-order valence-corrected chi connectivity index (χ2v) is 7.01. The molecule has 0 saturated carbocycles. The zero-order chi connectivity index (χ0) is 16.4. The van der Waals surface area contributed by atoms with E-state index in [0.717, 1.165) is 56.9 Å². The molecule has 2 aromatic rings. The smallest absolute Gasteiger partial charge is 0.225 e. The van der Waals surface area contributed by atoms with Crippen LogP contribution in [-0.2, 0) is 11.2 Å². The maximum absolute atomic E-state index is 13.3. The largest absolute Gasteiger partial charge is 0.377 e. The number of benzene rings is 1. The first kappa shape index (κ1) is 15.5. The summed E-state index contributed by atoms with van der Waals surface area (Å²) in [5.74, 6) is 0.652. The molecular formula is C19H22FN3O. The van der Waals surface area contributed by atoms with E-state index in [1.54, 1.807) is 24.5 Å². The Morgan fingerprint density at radius 2 is 1.96 bits per heavy atom. The lowest BCUT2D eigenvalue weighted by atomic mass is 9.76. The monoisotopic (exact) mass is 327 g/mol. The number of anilines is 1. The van der Waals surface area contributed by atoms with Crippen LogP contribution in [0.4, 0.5) is 10.3 Å². The molecule has 2 saturated heterocycles. The van der Waals surface area contributed by atoms with Gasteiger partial charge in [0.1, 0.15) is 5.82 Å². The van der Waals surface area contributed by atoms with Crippen LogP contribution in [0.3, 0.4) is 0 Å². The summed E-state index contributed by atoms with van der Waals surface area (Å²) in [5, 5.41) is 0. The molecule has 0 bridgehead atoms. The van der Waals surface area contributed by atoms with Gasteiger partial charge in [-0.15, -0.1) is 0 Å². The molecule has 5 heteroatoms. The topological polar surface area (TPSA) is 38.2 Å². The minimum absolute atomic E-state index is 0.170. The van der Waals surface area contributed by atoms with Gasteiger partial charge < -0.3 is 9.64 Å². The van der Waals surface area contributed by atoms with Crippen LogP contribution in [0.1, 0.15) is 24.8 Å². The van der Waals surface area contributed by atoms with Gasteiger partial charge in [-0.25, -0.2) is 14.4 Å². The minimum atomic E-state index is -0.170. The summed E-state index contributed by atoms with van der Waals surface area (Å²) in [5.41, 5.74) is 1.29. The average molecular weight is 327 g/mol. The average Bonchev–Trinajstić information content (AvgIpc) is 2.99. The van der Waals surface area contributed by atoms with Crippen LogP contribution in [0.5, 0.6) is 0 Å². The van der Waals surface area contributed by atoms with Crippen LogP contribution in [0, 0.1) is 11.2 Å². The molecule has 4 nitrogen and oxygen atoms in total. The molecule has 2 fully saturated rings. The summed E-state index contributed by atoms with van der Waals surface area (Å²) in [4.78, 5) is 10.9. The SMILES string of the molecule is Fc1cccc(CC2CC3(CCN(c4ncccn4)CC3)CO2)c1. The third kappa shape index (κ3) is 3.26. The Balaban J connectivity index is 1.35. The highest BCUT2D eigenvalue weighted by Gasteiger charge is 2.42. The van der Waals surface area contributed by atoms with Gasteiger partial charge in [0, 0.05) is 25.5 Å². The molecule has 1 spiro atoms. The Hall–Kier alpha value is -2.01. The molecule has 3 heterocycles. The van der Waals surface area contributed by atoms with Crippen molar-refractivity contribution >= 4 is 5.95 Å². The van der Waals surface area contributed by atoms with Crippen molar-refractivity contribution in [3.8, 4) is 0 Å². The lowest BCUT2D eigenvalue weighted by molar-refractivity contribution is 0.0885. The van der Waals surface area contributed by atoms with Gasteiger partial charge in [0.2, 0.25) is 5.95 Å². The van der Waals surface area contributed by atoms with E-state index in [-0.39, 0.29) is 17.3 Å². The number of rotatable bonds is 3. The van der Waals surface area contributed by atoms with Gasteiger partial charge in [-0.05, 0) is 54.9 Å². The number of halogens is 1. The highest BCUT2D eigenvalue weighted by Crippen LogP contribution is 2.43. The molecule has 2 aliphatic heterocycles.